The van der Waals surface area contributed by atoms with Gasteiger partial charge in [-0.25, -0.2) is 0 Å². The predicted octanol–water partition coefficient (Wildman–Crippen LogP) is 4.53. The number of hydrogen-bond acceptors (Lipinski definition) is 3. The van der Waals surface area contributed by atoms with Crippen molar-refractivity contribution in [2.45, 2.75) is 47.2 Å². The van der Waals surface area contributed by atoms with Crippen LogP contribution in [0.3, 0.4) is 0 Å². The summed E-state index contributed by atoms with van der Waals surface area (Å²) in [6.07, 6.45) is 0. The maximum absolute atomic E-state index is 13.0. The van der Waals surface area contributed by atoms with E-state index in [-0.39, 0.29) is 18.4 Å². The average Bonchev–Trinajstić information content (AvgIpc) is 2.71. The van der Waals surface area contributed by atoms with Gasteiger partial charge in [0.15, 0.2) is 6.61 Å². The highest BCUT2D eigenvalue weighted by Crippen LogP contribution is 2.21. The molecule has 0 aliphatic carbocycles. The molecular formula is C24H31ClN2O3. The summed E-state index contributed by atoms with van der Waals surface area (Å²) in [7, 11) is 0. The molecule has 0 fully saturated rings. The molecule has 0 aliphatic rings. The molecule has 0 heterocycles. The zero-order valence-electron chi connectivity index (χ0n) is 18.4. The largest absolute Gasteiger partial charge is 0.484 e. The molecule has 0 bridgehead atoms. The first-order valence-electron chi connectivity index (χ1n) is 10.2. The third kappa shape index (κ3) is 7.06. The van der Waals surface area contributed by atoms with E-state index in [1.807, 2.05) is 52.0 Å². The topological polar surface area (TPSA) is 58.6 Å². The van der Waals surface area contributed by atoms with Gasteiger partial charge in [-0.2, -0.15) is 0 Å². The zero-order valence-corrected chi connectivity index (χ0v) is 19.1. The number of ether oxygens (including phenoxy) is 1. The van der Waals surface area contributed by atoms with Crippen LogP contribution in [0.2, 0.25) is 5.02 Å². The minimum absolute atomic E-state index is 0.158. The second-order valence-electron chi connectivity index (χ2n) is 8.02. The van der Waals surface area contributed by atoms with Crippen LogP contribution >= 0.6 is 11.6 Å². The summed E-state index contributed by atoms with van der Waals surface area (Å²) in [4.78, 5) is 27.2. The molecular weight excluding hydrogens is 400 g/mol. The molecule has 2 aromatic rings. The van der Waals surface area contributed by atoms with Crippen molar-refractivity contribution in [3.8, 4) is 5.75 Å². The molecule has 0 spiro atoms. The van der Waals surface area contributed by atoms with Gasteiger partial charge in [-0.15, -0.1) is 0 Å². The number of carbonyl (C=O) groups is 2. The number of benzene rings is 2. The molecule has 1 N–H and O–H groups in total. The fraction of sp³-hybridized carbons (Fsp3) is 0.417. The maximum Gasteiger partial charge on any atom is 0.261 e. The van der Waals surface area contributed by atoms with Crippen LogP contribution in [0.1, 0.15) is 37.5 Å². The molecule has 2 aromatic carbocycles. The van der Waals surface area contributed by atoms with Crippen LogP contribution < -0.4 is 10.1 Å². The Morgan fingerprint density at radius 1 is 1.07 bits per heavy atom. The van der Waals surface area contributed by atoms with Gasteiger partial charge >= 0.3 is 0 Å². The number of hydrogen-bond donors (Lipinski definition) is 1. The molecule has 2 rings (SSSR count). The lowest BCUT2D eigenvalue weighted by Gasteiger charge is -2.29. The molecule has 5 nitrogen and oxygen atoms in total. The lowest BCUT2D eigenvalue weighted by atomic mass is 10.1. The quantitative estimate of drug-likeness (QED) is 0.636. The molecule has 1 unspecified atom stereocenters. The van der Waals surface area contributed by atoms with Crippen LogP contribution in [0, 0.1) is 19.8 Å². The third-order valence-electron chi connectivity index (χ3n) is 4.82. The smallest absolute Gasteiger partial charge is 0.261 e. The van der Waals surface area contributed by atoms with E-state index in [1.165, 1.54) is 0 Å². The highest BCUT2D eigenvalue weighted by molar-refractivity contribution is 6.31. The zero-order chi connectivity index (χ0) is 22.3. The van der Waals surface area contributed by atoms with Crippen molar-refractivity contribution >= 4 is 23.4 Å². The first kappa shape index (κ1) is 23.7. The van der Waals surface area contributed by atoms with Crippen molar-refractivity contribution in [3.63, 3.8) is 0 Å². The molecule has 0 saturated carbocycles. The summed E-state index contributed by atoms with van der Waals surface area (Å²) in [5.74, 6) is 0.471. The minimum atomic E-state index is -0.617. The number of halogens is 1. The fourth-order valence-electron chi connectivity index (χ4n) is 2.86. The number of aryl methyl sites for hydroxylation is 2. The molecule has 0 saturated heterocycles. The molecule has 1 atom stereocenters. The number of carbonyl (C=O) groups excluding carboxylic acids is 2. The second-order valence-corrected chi connectivity index (χ2v) is 8.43. The van der Waals surface area contributed by atoms with Gasteiger partial charge in [-0.05, 0) is 56.0 Å². The third-order valence-corrected chi connectivity index (χ3v) is 5.24. The molecule has 0 aliphatic heterocycles. The van der Waals surface area contributed by atoms with Gasteiger partial charge in [0.05, 0.1) is 0 Å². The van der Waals surface area contributed by atoms with Gasteiger partial charge in [-0.3, -0.25) is 9.59 Å². The van der Waals surface area contributed by atoms with E-state index >= 15 is 0 Å². The van der Waals surface area contributed by atoms with Gasteiger partial charge < -0.3 is 15.0 Å². The van der Waals surface area contributed by atoms with Crippen molar-refractivity contribution in [2.24, 2.45) is 5.92 Å². The van der Waals surface area contributed by atoms with E-state index < -0.39 is 6.04 Å². The number of nitrogens with zero attached hydrogens (tertiary/aromatic N) is 1. The summed E-state index contributed by atoms with van der Waals surface area (Å²) >= 11 is 6.05. The Hall–Kier alpha value is -2.53. The standard InChI is InChI=1S/C24H31ClN2O3/c1-16(2)13-26-24(29)19(5)27(14-20-8-6-17(3)7-9-20)23(28)15-30-21-10-11-22(25)18(4)12-21/h6-12,16,19H,13-15H2,1-5H3,(H,26,29). The molecule has 6 heteroatoms. The summed E-state index contributed by atoms with van der Waals surface area (Å²) in [5, 5.41) is 3.55. The Balaban J connectivity index is 2.13. The van der Waals surface area contributed by atoms with Crippen LogP contribution in [-0.4, -0.2) is 35.9 Å². The van der Waals surface area contributed by atoms with Crippen LogP contribution in [0.5, 0.6) is 5.75 Å². The van der Waals surface area contributed by atoms with E-state index in [0.29, 0.717) is 29.8 Å². The van der Waals surface area contributed by atoms with Crippen molar-refractivity contribution in [1.29, 1.82) is 0 Å². The Bertz CT molecular complexity index is 865. The molecule has 30 heavy (non-hydrogen) atoms. The van der Waals surface area contributed by atoms with Gasteiger partial charge in [0, 0.05) is 18.1 Å². The molecule has 0 radical (unpaired) electrons. The SMILES string of the molecule is Cc1ccc(CN(C(=O)COc2ccc(Cl)c(C)c2)C(C)C(=O)NCC(C)C)cc1. The van der Waals surface area contributed by atoms with Gasteiger partial charge in [0.2, 0.25) is 5.91 Å². The fourth-order valence-corrected chi connectivity index (χ4v) is 2.98. The number of amides is 2. The van der Waals surface area contributed by atoms with Gasteiger partial charge in [0.25, 0.3) is 5.91 Å². The van der Waals surface area contributed by atoms with Crippen molar-refractivity contribution in [1.82, 2.24) is 10.2 Å². The first-order valence-corrected chi connectivity index (χ1v) is 10.6. The lowest BCUT2D eigenvalue weighted by Crippen LogP contribution is -2.49. The number of nitrogens with one attached hydrogen (secondary N) is 1. The molecule has 0 aromatic heterocycles. The lowest BCUT2D eigenvalue weighted by molar-refractivity contribution is -0.142. The predicted molar refractivity (Wildman–Crippen MR) is 121 cm³/mol. The summed E-state index contributed by atoms with van der Waals surface area (Å²) < 4.78 is 5.69. The number of rotatable bonds is 9. The Morgan fingerprint density at radius 3 is 2.33 bits per heavy atom. The van der Waals surface area contributed by atoms with Crippen LogP contribution in [0.25, 0.3) is 0 Å². The second kappa shape index (κ2) is 11.0. The van der Waals surface area contributed by atoms with Crippen molar-refractivity contribution in [3.05, 3.63) is 64.2 Å². The Labute approximate surface area is 184 Å². The summed E-state index contributed by atoms with van der Waals surface area (Å²) in [6, 6.07) is 12.6. The normalized spacial score (nSPS) is 11.8. The van der Waals surface area contributed by atoms with Gasteiger partial charge in [0.1, 0.15) is 11.8 Å². The van der Waals surface area contributed by atoms with Gasteiger partial charge in [-0.1, -0.05) is 55.3 Å². The van der Waals surface area contributed by atoms with Crippen molar-refractivity contribution in [2.75, 3.05) is 13.2 Å². The van der Waals surface area contributed by atoms with Crippen LogP contribution in [0.4, 0.5) is 0 Å². The van der Waals surface area contributed by atoms with Crippen molar-refractivity contribution < 1.29 is 14.3 Å². The molecule has 2 amide bonds. The minimum Gasteiger partial charge on any atom is -0.484 e. The van der Waals surface area contributed by atoms with E-state index in [2.05, 4.69) is 5.32 Å². The summed E-state index contributed by atoms with van der Waals surface area (Å²) in [6.45, 7) is 10.4. The average molecular weight is 431 g/mol. The highest BCUT2D eigenvalue weighted by Gasteiger charge is 2.26. The summed E-state index contributed by atoms with van der Waals surface area (Å²) in [5.41, 5.74) is 2.97. The van der Waals surface area contributed by atoms with E-state index in [0.717, 1.165) is 16.7 Å². The van der Waals surface area contributed by atoms with Crippen LogP contribution in [0.15, 0.2) is 42.5 Å². The Kier molecular flexibility index (Phi) is 8.72. The van der Waals surface area contributed by atoms with E-state index in [9.17, 15) is 9.59 Å². The Morgan fingerprint density at radius 2 is 1.73 bits per heavy atom. The van der Waals surface area contributed by atoms with E-state index in [1.54, 1.807) is 30.0 Å². The maximum atomic E-state index is 13.0. The monoisotopic (exact) mass is 430 g/mol. The van der Waals surface area contributed by atoms with E-state index in [4.69, 9.17) is 16.3 Å². The first-order chi connectivity index (χ1) is 14.2. The highest BCUT2D eigenvalue weighted by atomic mass is 35.5. The van der Waals surface area contributed by atoms with Crippen LogP contribution in [-0.2, 0) is 16.1 Å². The molecule has 162 valence electrons.